The third kappa shape index (κ3) is 2.60. The van der Waals surface area contributed by atoms with E-state index in [1.54, 1.807) is 16.8 Å². The molecule has 3 aliphatic rings. The van der Waals surface area contributed by atoms with Crippen LogP contribution in [-0.2, 0) is 9.53 Å². The minimum absolute atomic E-state index is 0.221. The van der Waals surface area contributed by atoms with Crippen LogP contribution in [-0.4, -0.2) is 59.4 Å². The highest BCUT2D eigenvalue weighted by atomic mass is 32.1. The van der Waals surface area contributed by atoms with Crippen molar-refractivity contribution in [3.63, 3.8) is 0 Å². The number of nitrogens with zero attached hydrogens (tertiary/aromatic N) is 4. The van der Waals surface area contributed by atoms with Gasteiger partial charge in [0.25, 0.3) is 0 Å². The zero-order valence-corrected chi connectivity index (χ0v) is 13.6. The lowest BCUT2D eigenvalue weighted by Crippen LogP contribution is -2.61. The molecule has 1 amide bonds. The van der Waals surface area contributed by atoms with Crippen LogP contribution in [0.4, 0.5) is 5.13 Å². The second-order valence-electron chi connectivity index (χ2n) is 6.67. The van der Waals surface area contributed by atoms with Gasteiger partial charge in [-0.25, -0.2) is 0 Å². The quantitative estimate of drug-likeness (QED) is 0.826. The van der Waals surface area contributed by atoms with E-state index in [2.05, 4.69) is 20.0 Å². The van der Waals surface area contributed by atoms with E-state index >= 15 is 0 Å². The standard InChI is InChI=1S/C15H22N4O2S/c20-13(12-3-1-4-12)18-7-8-21-15(9-18)5-2-6-19(10-15)14-17-16-11-22-14/h11-12H,1-10H2. The van der Waals surface area contributed by atoms with Gasteiger partial charge >= 0.3 is 0 Å². The van der Waals surface area contributed by atoms with Crippen LogP contribution >= 0.6 is 11.3 Å². The maximum atomic E-state index is 12.6. The van der Waals surface area contributed by atoms with Crippen molar-refractivity contribution in [2.75, 3.05) is 37.7 Å². The maximum absolute atomic E-state index is 12.6. The van der Waals surface area contributed by atoms with Crippen molar-refractivity contribution in [2.24, 2.45) is 5.92 Å². The zero-order valence-electron chi connectivity index (χ0n) is 12.7. The minimum atomic E-state index is -0.221. The average Bonchev–Trinajstić information content (AvgIpc) is 3.00. The topological polar surface area (TPSA) is 58.6 Å². The Bertz CT molecular complexity index is 530. The summed E-state index contributed by atoms with van der Waals surface area (Å²) in [6.07, 6.45) is 5.44. The first-order chi connectivity index (χ1) is 10.8. The summed E-state index contributed by atoms with van der Waals surface area (Å²) >= 11 is 1.57. The first-order valence-corrected chi connectivity index (χ1v) is 9.08. The van der Waals surface area contributed by atoms with Crippen LogP contribution in [0.5, 0.6) is 0 Å². The Morgan fingerprint density at radius 3 is 2.95 bits per heavy atom. The predicted octanol–water partition coefficient (Wildman–Crippen LogP) is 1.54. The van der Waals surface area contributed by atoms with E-state index in [0.29, 0.717) is 12.5 Å². The molecule has 1 aromatic rings. The van der Waals surface area contributed by atoms with Crippen LogP contribution in [0.15, 0.2) is 5.51 Å². The molecule has 1 unspecified atom stereocenters. The zero-order chi connectivity index (χ0) is 15.0. The molecule has 0 radical (unpaired) electrons. The van der Waals surface area contributed by atoms with E-state index in [4.69, 9.17) is 4.74 Å². The van der Waals surface area contributed by atoms with Gasteiger partial charge in [-0.2, -0.15) is 0 Å². The lowest BCUT2D eigenvalue weighted by Gasteiger charge is -2.48. The highest BCUT2D eigenvalue weighted by Crippen LogP contribution is 2.34. The second kappa shape index (κ2) is 5.77. The molecular formula is C15H22N4O2S. The summed E-state index contributed by atoms with van der Waals surface area (Å²) in [5.41, 5.74) is 1.55. The maximum Gasteiger partial charge on any atom is 0.225 e. The number of anilines is 1. The molecule has 1 atom stereocenters. The number of amides is 1. The molecule has 6 nitrogen and oxygen atoms in total. The summed E-state index contributed by atoms with van der Waals surface area (Å²) in [6, 6.07) is 0. The largest absolute Gasteiger partial charge is 0.369 e. The monoisotopic (exact) mass is 322 g/mol. The Hall–Kier alpha value is -1.21. The third-order valence-electron chi connectivity index (χ3n) is 5.17. The smallest absolute Gasteiger partial charge is 0.225 e. The van der Waals surface area contributed by atoms with E-state index in [1.807, 2.05) is 0 Å². The van der Waals surface area contributed by atoms with Crippen molar-refractivity contribution in [2.45, 2.75) is 37.7 Å². The Morgan fingerprint density at radius 2 is 2.23 bits per heavy atom. The fourth-order valence-electron chi connectivity index (χ4n) is 3.76. The molecule has 1 aliphatic carbocycles. The number of rotatable bonds is 2. The van der Waals surface area contributed by atoms with Crippen molar-refractivity contribution < 1.29 is 9.53 Å². The SMILES string of the molecule is O=C(C1CCC1)N1CCOC2(CCCN(c3nncs3)C2)C1. The highest BCUT2D eigenvalue weighted by Gasteiger charge is 2.43. The van der Waals surface area contributed by atoms with Gasteiger partial charge in [0.05, 0.1) is 19.7 Å². The number of carbonyl (C=O) groups excluding carboxylic acids is 1. The minimum Gasteiger partial charge on any atom is -0.369 e. The van der Waals surface area contributed by atoms with Gasteiger partial charge in [-0.1, -0.05) is 17.8 Å². The first-order valence-electron chi connectivity index (χ1n) is 8.20. The molecule has 7 heteroatoms. The highest BCUT2D eigenvalue weighted by molar-refractivity contribution is 7.13. The van der Waals surface area contributed by atoms with Crippen LogP contribution < -0.4 is 4.90 Å². The fourth-order valence-corrected chi connectivity index (χ4v) is 4.35. The number of hydrogen-bond acceptors (Lipinski definition) is 6. The van der Waals surface area contributed by atoms with Crippen LogP contribution in [0.3, 0.4) is 0 Å². The van der Waals surface area contributed by atoms with E-state index in [9.17, 15) is 4.79 Å². The normalized spacial score (nSPS) is 29.6. The lowest BCUT2D eigenvalue weighted by atomic mass is 9.83. The number of piperidine rings is 1. The molecular weight excluding hydrogens is 300 g/mol. The summed E-state index contributed by atoms with van der Waals surface area (Å²) in [7, 11) is 0. The second-order valence-corrected chi connectivity index (χ2v) is 7.48. The molecule has 0 N–H and O–H groups in total. The summed E-state index contributed by atoms with van der Waals surface area (Å²) < 4.78 is 6.17. The first kappa shape index (κ1) is 14.4. The van der Waals surface area contributed by atoms with Crippen LogP contribution in [0.2, 0.25) is 0 Å². The Morgan fingerprint density at radius 1 is 1.32 bits per heavy atom. The summed E-state index contributed by atoms with van der Waals surface area (Å²) in [5.74, 6) is 0.625. The van der Waals surface area contributed by atoms with E-state index < -0.39 is 0 Å². The van der Waals surface area contributed by atoms with Gasteiger partial charge in [-0.3, -0.25) is 4.79 Å². The van der Waals surface area contributed by atoms with Crippen molar-refractivity contribution in [1.29, 1.82) is 0 Å². The van der Waals surface area contributed by atoms with E-state index in [-0.39, 0.29) is 11.5 Å². The summed E-state index contributed by atoms with van der Waals surface area (Å²) in [6.45, 7) is 3.95. The van der Waals surface area contributed by atoms with Crippen molar-refractivity contribution in [3.8, 4) is 0 Å². The van der Waals surface area contributed by atoms with Crippen LogP contribution in [0, 0.1) is 5.92 Å². The number of aromatic nitrogens is 2. The molecule has 4 rings (SSSR count). The van der Waals surface area contributed by atoms with Gasteiger partial charge in [0, 0.05) is 19.0 Å². The molecule has 2 saturated heterocycles. The van der Waals surface area contributed by atoms with E-state index in [1.165, 1.54) is 6.42 Å². The van der Waals surface area contributed by atoms with Gasteiger partial charge in [0.2, 0.25) is 11.0 Å². The number of carbonyl (C=O) groups is 1. The molecule has 3 fully saturated rings. The average molecular weight is 322 g/mol. The van der Waals surface area contributed by atoms with Crippen molar-refractivity contribution >= 4 is 22.4 Å². The Balaban J connectivity index is 1.46. The van der Waals surface area contributed by atoms with Crippen molar-refractivity contribution in [3.05, 3.63) is 5.51 Å². The Labute approximate surface area is 134 Å². The predicted molar refractivity (Wildman–Crippen MR) is 84.0 cm³/mol. The van der Waals surface area contributed by atoms with Crippen molar-refractivity contribution in [1.82, 2.24) is 15.1 Å². The van der Waals surface area contributed by atoms with Gasteiger partial charge in [0.1, 0.15) is 11.1 Å². The molecule has 120 valence electrons. The van der Waals surface area contributed by atoms with Crippen LogP contribution in [0.1, 0.15) is 32.1 Å². The lowest BCUT2D eigenvalue weighted by molar-refractivity contribution is -0.158. The Kier molecular flexibility index (Phi) is 3.78. The summed E-state index contributed by atoms with van der Waals surface area (Å²) in [4.78, 5) is 16.9. The van der Waals surface area contributed by atoms with Gasteiger partial charge in [-0.05, 0) is 25.7 Å². The molecule has 22 heavy (non-hydrogen) atoms. The van der Waals surface area contributed by atoms with Gasteiger partial charge in [-0.15, -0.1) is 10.2 Å². The molecule has 1 saturated carbocycles. The van der Waals surface area contributed by atoms with Crippen LogP contribution in [0.25, 0.3) is 0 Å². The summed E-state index contributed by atoms with van der Waals surface area (Å²) in [5, 5.41) is 9.08. The number of hydrogen-bond donors (Lipinski definition) is 0. The van der Waals surface area contributed by atoms with Gasteiger partial charge in [0.15, 0.2) is 0 Å². The molecule has 2 aliphatic heterocycles. The molecule has 1 aromatic heterocycles. The third-order valence-corrected chi connectivity index (χ3v) is 5.92. The van der Waals surface area contributed by atoms with Gasteiger partial charge < -0.3 is 14.5 Å². The number of ether oxygens (including phenoxy) is 1. The number of morpholine rings is 1. The molecule has 3 heterocycles. The molecule has 0 bridgehead atoms. The fraction of sp³-hybridized carbons (Fsp3) is 0.800. The molecule has 0 aromatic carbocycles. The van der Waals surface area contributed by atoms with E-state index in [0.717, 1.165) is 57.0 Å². The molecule has 1 spiro atoms.